The predicted molar refractivity (Wildman–Crippen MR) is 84.7 cm³/mol. The van der Waals surface area contributed by atoms with Crippen molar-refractivity contribution in [1.82, 2.24) is 4.90 Å². The molecule has 2 rings (SSSR count). The maximum Gasteiger partial charge on any atom is 0.273 e. The quantitative estimate of drug-likeness (QED) is 0.615. The van der Waals surface area contributed by atoms with Crippen LogP contribution >= 0.6 is 0 Å². The Morgan fingerprint density at radius 2 is 2.00 bits per heavy atom. The van der Waals surface area contributed by atoms with Gasteiger partial charge in [-0.25, -0.2) is 0 Å². The van der Waals surface area contributed by atoms with Gasteiger partial charge in [0.2, 0.25) is 0 Å². The summed E-state index contributed by atoms with van der Waals surface area (Å²) in [6.07, 6.45) is 1.25. The topological polar surface area (TPSA) is 81.9 Å². The molecular formula is C16H22N2O5. The molecule has 1 saturated heterocycles. The number of benzene rings is 1. The number of nitro benzene ring substituents is 1. The Kier molecular flexibility index (Phi) is 5.41. The van der Waals surface area contributed by atoms with Crippen molar-refractivity contribution in [2.24, 2.45) is 5.92 Å². The van der Waals surface area contributed by atoms with E-state index in [1.807, 2.05) is 0 Å². The summed E-state index contributed by atoms with van der Waals surface area (Å²) in [5, 5.41) is 10.9. The molecule has 0 aliphatic carbocycles. The highest BCUT2D eigenvalue weighted by Crippen LogP contribution is 2.32. The van der Waals surface area contributed by atoms with E-state index in [4.69, 9.17) is 9.47 Å². The fraction of sp³-hybridized carbons (Fsp3) is 0.562. The number of carbonyl (C=O) groups is 1. The second-order valence-corrected chi connectivity index (χ2v) is 5.86. The molecule has 126 valence electrons. The molecule has 0 radical (unpaired) electrons. The summed E-state index contributed by atoms with van der Waals surface area (Å²) < 4.78 is 10.8. The smallest absolute Gasteiger partial charge is 0.273 e. The average molecular weight is 322 g/mol. The van der Waals surface area contributed by atoms with Crippen LogP contribution in [-0.2, 0) is 4.79 Å². The monoisotopic (exact) mass is 322 g/mol. The summed E-state index contributed by atoms with van der Waals surface area (Å²) in [6, 6.07) is 4.08. The molecule has 0 spiro atoms. The molecule has 1 heterocycles. The SMILES string of the molecule is COc1ccc([N+](=O)[O-])cc1OC(C)C(=O)N1CCC(C)CC1. The third-order valence-electron chi connectivity index (χ3n) is 4.10. The van der Waals surface area contributed by atoms with Gasteiger partial charge >= 0.3 is 0 Å². The number of nitrogens with zero attached hydrogens (tertiary/aromatic N) is 2. The first-order valence-electron chi connectivity index (χ1n) is 7.70. The number of nitro groups is 1. The Bertz CT molecular complexity index is 582. The molecule has 7 heteroatoms. The van der Waals surface area contributed by atoms with Gasteiger partial charge in [-0.3, -0.25) is 14.9 Å². The van der Waals surface area contributed by atoms with Gasteiger partial charge < -0.3 is 14.4 Å². The zero-order valence-electron chi connectivity index (χ0n) is 13.7. The van der Waals surface area contributed by atoms with Crippen molar-refractivity contribution in [2.45, 2.75) is 32.8 Å². The van der Waals surface area contributed by atoms with Crippen LogP contribution in [0.2, 0.25) is 0 Å². The summed E-state index contributed by atoms with van der Waals surface area (Å²) in [4.78, 5) is 24.6. The molecule has 1 aliphatic heterocycles. The summed E-state index contributed by atoms with van der Waals surface area (Å²) in [6.45, 7) is 5.27. The molecule has 0 aromatic heterocycles. The van der Waals surface area contributed by atoms with Gasteiger partial charge in [0, 0.05) is 19.2 Å². The number of piperidine rings is 1. The Morgan fingerprint density at radius 1 is 1.35 bits per heavy atom. The minimum Gasteiger partial charge on any atom is -0.493 e. The maximum atomic E-state index is 12.5. The summed E-state index contributed by atoms with van der Waals surface area (Å²) in [5.41, 5.74) is -0.104. The van der Waals surface area contributed by atoms with Crippen molar-refractivity contribution in [1.29, 1.82) is 0 Å². The first kappa shape index (κ1) is 17.1. The number of carbonyl (C=O) groups excluding carboxylic acids is 1. The van der Waals surface area contributed by atoms with Crippen molar-refractivity contribution in [3.8, 4) is 11.5 Å². The van der Waals surface area contributed by atoms with Gasteiger partial charge in [0.05, 0.1) is 18.1 Å². The van der Waals surface area contributed by atoms with E-state index in [9.17, 15) is 14.9 Å². The normalized spacial score (nSPS) is 16.7. The molecule has 1 aromatic rings. The Morgan fingerprint density at radius 3 is 2.57 bits per heavy atom. The van der Waals surface area contributed by atoms with Gasteiger partial charge in [0.1, 0.15) is 0 Å². The van der Waals surface area contributed by atoms with Crippen LogP contribution in [0.25, 0.3) is 0 Å². The van der Waals surface area contributed by atoms with Gasteiger partial charge in [0.15, 0.2) is 17.6 Å². The molecule has 1 atom stereocenters. The number of ether oxygens (including phenoxy) is 2. The molecule has 1 aromatic carbocycles. The number of hydrogen-bond donors (Lipinski definition) is 0. The third-order valence-corrected chi connectivity index (χ3v) is 4.10. The molecule has 0 N–H and O–H groups in total. The highest BCUT2D eigenvalue weighted by molar-refractivity contribution is 5.81. The van der Waals surface area contributed by atoms with Crippen molar-refractivity contribution in [3.05, 3.63) is 28.3 Å². The first-order chi connectivity index (χ1) is 10.9. The fourth-order valence-corrected chi connectivity index (χ4v) is 2.60. The summed E-state index contributed by atoms with van der Waals surface area (Å²) >= 11 is 0. The molecular weight excluding hydrogens is 300 g/mol. The summed E-state index contributed by atoms with van der Waals surface area (Å²) in [5.74, 6) is 1.09. The number of hydrogen-bond acceptors (Lipinski definition) is 5. The van der Waals surface area contributed by atoms with E-state index in [1.165, 1.54) is 25.3 Å². The molecule has 0 bridgehead atoms. The lowest BCUT2D eigenvalue weighted by atomic mass is 9.99. The Labute approximate surface area is 135 Å². The third kappa shape index (κ3) is 4.12. The van der Waals surface area contributed by atoms with E-state index in [2.05, 4.69) is 6.92 Å². The van der Waals surface area contributed by atoms with Gasteiger partial charge in [0.25, 0.3) is 11.6 Å². The fourth-order valence-electron chi connectivity index (χ4n) is 2.60. The predicted octanol–water partition coefficient (Wildman–Crippen LogP) is 2.63. The molecule has 23 heavy (non-hydrogen) atoms. The maximum absolute atomic E-state index is 12.5. The standard InChI is InChI=1S/C16H22N2O5/c1-11-6-8-17(9-7-11)16(19)12(2)23-15-10-13(18(20)21)4-5-14(15)22-3/h4-5,10-12H,6-9H2,1-3H3. The van der Waals surface area contributed by atoms with Crippen LogP contribution in [0.5, 0.6) is 11.5 Å². The number of methoxy groups -OCH3 is 1. The lowest BCUT2D eigenvalue weighted by molar-refractivity contribution is -0.385. The number of likely N-dealkylation sites (tertiary alicyclic amines) is 1. The number of rotatable bonds is 5. The van der Waals surface area contributed by atoms with Crippen LogP contribution in [-0.4, -0.2) is 42.0 Å². The van der Waals surface area contributed by atoms with Crippen LogP contribution in [0.1, 0.15) is 26.7 Å². The van der Waals surface area contributed by atoms with Crippen LogP contribution in [0.3, 0.4) is 0 Å². The lowest BCUT2D eigenvalue weighted by Gasteiger charge is -2.32. The van der Waals surface area contributed by atoms with Crippen molar-refractivity contribution in [2.75, 3.05) is 20.2 Å². The highest BCUT2D eigenvalue weighted by Gasteiger charge is 2.26. The van der Waals surface area contributed by atoms with E-state index >= 15 is 0 Å². The number of amides is 1. The zero-order valence-corrected chi connectivity index (χ0v) is 13.7. The number of non-ortho nitro benzene ring substituents is 1. The van der Waals surface area contributed by atoms with Crippen LogP contribution < -0.4 is 9.47 Å². The first-order valence-corrected chi connectivity index (χ1v) is 7.70. The van der Waals surface area contributed by atoms with Crippen LogP contribution in [0.4, 0.5) is 5.69 Å². The second kappa shape index (κ2) is 7.30. The largest absolute Gasteiger partial charge is 0.493 e. The van der Waals surface area contributed by atoms with Crippen LogP contribution in [0.15, 0.2) is 18.2 Å². The van der Waals surface area contributed by atoms with E-state index < -0.39 is 11.0 Å². The zero-order chi connectivity index (χ0) is 17.0. The highest BCUT2D eigenvalue weighted by atomic mass is 16.6. The Balaban J connectivity index is 2.09. The molecule has 1 fully saturated rings. The second-order valence-electron chi connectivity index (χ2n) is 5.86. The van der Waals surface area contributed by atoms with Crippen molar-refractivity contribution >= 4 is 11.6 Å². The van der Waals surface area contributed by atoms with Crippen molar-refractivity contribution < 1.29 is 19.2 Å². The average Bonchev–Trinajstić information content (AvgIpc) is 2.54. The van der Waals surface area contributed by atoms with Gasteiger partial charge in [-0.05, 0) is 31.7 Å². The lowest BCUT2D eigenvalue weighted by Crippen LogP contribution is -2.44. The van der Waals surface area contributed by atoms with E-state index in [0.717, 1.165) is 25.9 Å². The minimum absolute atomic E-state index is 0.104. The molecule has 1 amide bonds. The van der Waals surface area contributed by atoms with Crippen LogP contribution in [0, 0.1) is 16.0 Å². The molecule has 7 nitrogen and oxygen atoms in total. The van der Waals surface area contributed by atoms with Crippen molar-refractivity contribution in [3.63, 3.8) is 0 Å². The Hall–Kier alpha value is -2.31. The minimum atomic E-state index is -0.723. The van der Waals surface area contributed by atoms with E-state index in [-0.39, 0.29) is 17.3 Å². The summed E-state index contributed by atoms with van der Waals surface area (Å²) in [7, 11) is 1.45. The van der Waals surface area contributed by atoms with Gasteiger partial charge in [-0.1, -0.05) is 6.92 Å². The molecule has 0 saturated carbocycles. The molecule has 1 aliphatic rings. The van der Waals surface area contributed by atoms with E-state index in [0.29, 0.717) is 11.7 Å². The van der Waals surface area contributed by atoms with Gasteiger partial charge in [-0.2, -0.15) is 0 Å². The molecule has 1 unspecified atom stereocenters. The van der Waals surface area contributed by atoms with Gasteiger partial charge in [-0.15, -0.1) is 0 Å². The van der Waals surface area contributed by atoms with E-state index in [1.54, 1.807) is 11.8 Å².